The van der Waals surface area contributed by atoms with Crippen molar-refractivity contribution in [3.8, 4) is 5.75 Å². The number of nitrogens with one attached hydrogen (secondary N) is 1. The quantitative estimate of drug-likeness (QED) is 0.357. The summed E-state index contributed by atoms with van der Waals surface area (Å²) in [6, 6.07) is 4.74. The van der Waals surface area contributed by atoms with Crippen LogP contribution >= 0.6 is 0 Å². The van der Waals surface area contributed by atoms with Crippen molar-refractivity contribution in [3.05, 3.63) is 46.3 Å². The first kappa shape index (κ1) is 15.9. The van der Waals surface area contributed by atoms with E-state index in [1.165, 1.54) is 7.11 Å². The summed E-state index contributed by atoms with van der Waals surface area (Å²) in [5.74, 6) is -0.390. The maximum atomic E-state index is 14.0. The number of allylic oxidation sites excluding steroid dienone is 1. The first-order chi connectivity index (χ1) is 12.5. The van der Waals surface area contributed by atoms with Crippen molar-refractivity contribution < 1.29 is 19.3 Å². The van der Waals surface area contributed by atoms with E-state index in [4.69, 9.17) is 4.74 Å². The molecule has 4 bridgehead atoms. The van der Waals surface area contributed by atoms with Crippen molar-refractivity contribution in [1.82, 2.24) is 4.98 Å². The Morgan fingerprint density at radius 1 is 1.46 bits per heavy atom. The molecule has 6 rings (SSSR count). The Kier molecular flexibility index (Phi) is 3.13. The minimum Gasteiger partial charge on any atom is -0.632 e. The van der Waals surface area contributed by atoms with Gasteiger partial charge in [-0.05, 0) is 36.3 Å². The summed E-state index contributed by atoms with van der Waals surface area (Å²) in [5, 5.41) is 24.8. The zero-order chi connectivity index (χ0) is 18.2. The van der Waals surface area contributed by atoms with Crippen LogP contribution in [-0.4, -0.2) is 40.4 Å². The number of phenols is 1. The molecule has 1 aromatic heterocycles. The number of esters is 1. The number of carbonyl (C=O) groups excluding carboxylic acids is 1. The van der Waals surface area contributed by atoms with E-state index in [2.05, 4.69) is 4.98 Å². The summed E-state index contributed by atoms with van der Waals surface area (Å²) in [6.07, 6.45) is 3.20. The van der Waals surface area contributed by atoms with Gasteiger partial charge in [-0.3, -0.25) is 4.79 Å². The van der Waals surface area contributed by atoms with Crippen molar-refractivity contribution in [3.63, 3.8) is 0 Å². The van der Waals surface area contributed by atoms with Gasteiger partial charge in [0, 0.05) is 29.7 Å². The van der Waals surface area contributed by atoms with Crippen LogP contribution < -0.4 is 0 Å². The lowest BCUT2D eigenvalue weighted by Gasteiger charge is -2.66. The molecule has 0 radical (unpaired) electrons. The number of methoxy groups -OCH3 is 1. The van der Waals surface area contributed by atoms with Crippen LogP contribution in [0.2, 0.25) is 0 Å². The van der Waals surface area contributed by atoms with Crippen molar-refractivity contribution >= 4 is 16.9 Å². The van der Waals surface area contributed by atoms with Gasteiger partial charge in [-0.1, -0.05) is 6.08 Å². The second kappa shape index (κ2) is 5.11. The molecule has 0 saturated carbocycles. The van der Waals surface area contributed by atoms with Gasteiger partial charge in [-0.2, -0.15) is 0 Å². The number of aromatic nitrogens is 1. The Labute approximate surface area is 151 Å². The van der Waals surface area contributed by atoms with Gasteiger partial charge >= 0.3 is 5.97 Å². The number of H-pyrrole nitrogens is 1. The van der Waals surface area contributed by atoms with Crippen LogP contribution in [0, 0.1) is 17.0 Å². The van der Waals surface area contributed by atoms with Gasteiger partial charge in [0.05, 0.1) is 12.8 Å². The molecule has 1 aromatic carbocycles. The van der Waals surface area contributed by atoms with E-state index in [9.17, 15) is 15.1 Å². The highest BCUT2D eigenvalue weighted by atomic mass is 16.6. The fourth-order valence-electron chi connectivity index (χ4n) is 5.70. The SMILES string of the molecule is C/C=C1/C[N@@+]2([O-])[C@H]3C[C@@H]1[C@H](C(=O)OC)[C@@H]2Cc1c3[nH]c2ccc(O)cc12. The number of phenolic OH excluding ortho intramolecular Hbond substituents is 1. The summed E-state index contributed by atoms with van der Waals surface area (Å²) in [5.41, 5.74) is 4.08. The van der Waals surface area contributed by atoms with Crippen LogP contribution in [0.5, 0.6) is 5.75 Å². The van der Waals surface area contributed by atoms with E-state index in [1.807, 2.05) is 19.1 Å². The van der Waals surface area contributed by atoms with Crippen molar-refractivity contribution in [2.45, 2.75) is 31.8 Å². The van der Waals surface area contributed by atoms with Crippen LogP contribution in [-0.2, 0) is 16.0 Å². The Balaban J connectivity index is 1.72. The zero-order valence-electron chi connectivity index (χ0n) is 14.9. The first-order valence-electron chi connectivity index (χ1n) is 9.12. The third kappa shape index (κ3) is 1.81. The molecule has 136 valence electrons. The average molecular weight is 354 g/mol. The fraction of sp³-hybridized carbons (Fsp3) is 0.450. The second-order valence-corrected chi connectivity index (χ2v) is 7.80. The molecule has 4 aliphatic heterocycles. The first-order valence-corrected chi connectivity index (χ1v) is 9.12. The Bertz CT molecular complexity index is 962. The van der Waals surface area contributed by atoms with Crippen LogP contribution in [0.25, 0.3) is 10.9 Å². The van der Waals surface area contributed by atoms with E-state index in [0.29, 0.717) is 19.4 Å². The summed E-state index contributed by atoms with van der Waals surface area (Å²) in [4.78, 5) is 16.0. The van der Waals surface area contributed by atoms with Gasteiger partial charge in [-0.25, -0.2) is 0 Å². The molecular weight excluding hydrogens is 332 g/mol. The molecule has 3 saturated heterocycles. The van der Waals surface area contributed by atoms with Crippen molar-refractivity contribution in [1.29, 1.82) is 0 Å². The summed E-state index contributed by atoms with van der Waals surface area (Å²) >= 11 is 0. The van der Waals surface area contributed by atoms with Gasteiger partial charge in [0.2, 0.25) is 0 Å². The number of nitrogens with zero attached hydrogens (tertiary/aromatic N) is 1. The number of benzene rings is 1. The molecule has 0 spiro atoms. The van der Waals surface area contributed by atoms with Crippen LogP contribution in [0.1, 0.15) is 30.6 Å². The number of aromatic amines is 1. The van der Waals surface area contributed by atoms with Crippen LogP contribution in [0.3, 0.4) is 0 Å². The monoisotopic (exact) mass is 354 g/mol. The Hall–Kier alpha value is -2.31. The number of hydrogen-bond acceptors (Lipinski definition) is 4. The molecule has 5 atom stereocenters. The number of aromatic hydroxyl groups is 1. The lowest BCUT2D eigenvalue weighted by atomic mass is 9.63. The molecule has 0 unspecified atom stereocenters. The van der Waals surface area contributed by atoms with E-state index in [-0.39, 0.29) is 34.4 Å². The molecule has 6 heteroatoms. The lowest BCUT2D eigenvalue weighted by molar-refractivity contribution is -0.951. The van der Waals surface area contributed by atoms with E-state index >= 15 is 0 Å². The number of piperidine rings is 3. The predicted octanol–water partition coefficient (Wildman–Crippen LogP) is 2.92. The number of ether oxygens (including phenoxy) is 1. The number of hydrogen-bond donors (Lipinski definition) is 2. The van der Waals surface area contributed by atoms with E-state index in [0.717, 1.165) is 27.7 Å². The molecule has 3 fully saturated rings. The van der Waals surface area contributed by atoms with E-state index < -0.39 is 5.92 Å². The third-order valence-corrected chi connectivity index (χ3v) is 6.83. The van der Waals surface area contributed by atoms with Crippen LogP contribution in [0.15, 0.2) is 29.8 Å². The molecule has 4 aliphatic rings. The number of fused-ring (bicyclic) bond motifs is 4. The number of rotatable bonds is 1. The topological polar surface area (TPSA) is 85.4 Å². The van der Waals surface area contributed by atoms with Gasteiger partial charge in [0.1, 0.15) is 30.3 Å². The molecule has 26 heavy (non-hydrogen) atoms. The van der Waals surface area contributed by atoms with Crippen LogP contribution in [0.4, 0.5) is 0 Å². The van der Waals surface area contributed by atoms with Crippen molar-refractivity contribution in [2.75, 3.05) is 13.7 Å². The van der Waals surface area contributed by atoms with Gasteiger partial charge < -0.3 is 24.7 Å². The maximum absolute atomic E-state index is 14.0. The molecule has 5 heterocycles. The highest BCUT2D eigenvalue weighted by Crippen LogP contribution is 2.58. The fourth-order valence-corrected chi connectivity index (χ4v) is 5.70. The summed E-state index contributed by atoms with van der Waals surface area (Å²) in [7, 11) is 1.40. The van der Waals surface area contributed by atoms with Gasteiger partial charge in [0.15, 0.2) is 0 Å². The van der Waals surface area contributed by atoms with Crippen molar-refractivity contribution in [2.24, 2.45) is 11.8 Å². The minimum absolute atomic E-state index is 0.0735. The largest absolute Gasteiger partial charge is 0.632 e. The average Bonchev–Trinajstić information content (AvgIpc) is 2.97. The Morgan fingerprint density at radius 3 is 3.00 bits per heavy atom. The molecule has 2 N–H and O–H groups in total. The lowest BCUT2D eigenvalue weighted by Crippen LogP contribution is -2.70. The number of carbonyl (C=O) groups is 1. The number of quaternary nitrogens is 1. The standard InChI is InChI=1S/C20H22N2O4/c1-3-10-9-22(25)16-8-14-13-6-11(23)4-5-15(13)21-19(14)17(22)7-12(10)18(16)20(24)26-2/h3-6,12,16-18,21,23H,7-9H2,1-2H3/b10-3-/t12-,16-,17-,18-,22-/m0/s1. The highest BCUT2D eigenvalue weighted by Gasteiger charge is 2.62. The number of hydroxylamine groups is 3. The zero-order valence-corrected chi connectivity index (χ0v) is 14.9. The van der Waals surface area contributed by atoms with E-state index in [1.54, 1.807) is 12.1 Å². The summed E-state index contributed by atoms with van der Waals surface area (Å²) < 4.78 is 4.71. The molecule has 6 nitrogen and oxygen atoms in total. The molecular formula is C20H22N2O4. The van der Waals surface area contributed by atoms with Gasteiger partial charge in [-0.15, -0.1) is 0 Å². The highest BCUT2D eigenvalue weighted by molar-refractivity contribution is 5.87. The molecule has 2 aromatic rings. The smallest absolute Gasteiger partial charge is 0.315 e. The minimum atomic E-state index is -0.399. The normalized spacial score (nSPS) is 36.3. The molecule has 0 amide bonds. The predicted molar refractivity (Wildman–Crippen MR) is 96.1 cm³/mol. The maximum Gasteiger partial charge on any atom is 0.315 e. The second-order valence-electron chi connectivity index (χ2n) is 7.80. The third-order valence-electron chi connectivity index (χ3n) is 6.83. The van der Waals surface area contributed by atoms with Gasteiger partial charge in [0.25, 0.3) is 0 Å². The summed E-state index contributed by atoms with van der Waals surface area (Å²) in [6.45, 7) is 2.40. The Morgan fingerprint density at radius 2 is 2.27 bits per heavy atom. The molecule has 0 aliphatic carbocycles.